The summed E-state index contributed by atoms with van der Waals surface area (Å²) in [6.45, 7) is 4.12. The summed E-state index contributed by atoms with van der Waals surface area (Å²) < 4.78 is 12.9. The highest BCUT2D eigenvalue weighted by Crippen LogP contribution is 2.30. The van der Waals surface area contributed by atoms with Gasteiger partial charge in [0.05, 0.1) is 35.6 Å². The van der Waals surface area contributed by atoms with E-state index < -0.39 is 5.97 Å². The van der Waals surface area contributed by atoms with Crippen molar-refractivity contribution in [2.75, 3.05) is 5.32 Å². The Bertz CT molecular complexity index is 1150. The van der Waals surface area contributed by atoms with Crippen LogP contribution in [0.25, 0.3) is 17.5 Å². The highest BCUT2D eigenvalue weighted by Gasteiger charge is 2.28. The number of allylic oxidation sites excluding steroid dienone is 1. The Balaban J connectivity index is 1.47. The summed E-state index contributed by atoms with van der Waals surface area (Å²) in [4.78, 5) is 20.2. The molecule has 0 radical (unpaired) electrons. The number of carboxylic acids is 1. The second-order valence-electron chi connectivity index (χ2n) is 8.04. The Morgan fingerprint density at radius 3 is 2.97 bits per heavy atom. The molecule has 0 aliphatic heterocycles. The Kier molecular flexibility index (Phi) is 6.66. The molecule has 33 heavy (non-hydrogen) atoms. The fraction of sp³-hybridized carbons (Fsp3) is 0.455. The zero-order chi connectivity index (χ0) is 23.4. The number of carbonyl (C=O) groups is 1. The second-order valence-corrected chi connectivity index (χ2v) is 8.04. The Morgan fingerprint density at radius 1 is 1.36 bits per heavy atom. The van der Waals surface area contributed by atoms with E-state index in [1.54, 1.807) is 17.8 Å². The normalized spacial score (nSPS) is 18.5. The number of aromatic nitrogens is 6. The van der Waals surface area contributed by atoms with Gasteiger partial charge in [0.15, 0.2) is 0 Å². The summed E-state index contributed by atoms with van der Waals surface area (Å²) >= 11 is 0. The number of ether oxygens (including phenoxy) is 1. The minimum atomic E-state index is -0.754. The van der Waals surface area contributed by atoms with E-state index in [4.69, 9.17) is 9.26 Å². The van der Waals surface area contributed by atoms with E-state index in [-0.39, 0.29) is 12.0 Å². The lowest BCUT2D eigenvalue weighted by molar-refractivity contribution is -0.143. The number of nitrogens with one attached hydrogen (secondary N) is 1. The van der Waals surface area contributed by atoms with Gasteiger partial charge in [0, 0.05) is 7.05 Å². The molecule has 0 amide bonds. The minimum absolute atomic E-state index is 0.120. The molecule has 1 aliphatic carbocycles. The second kappa shape index (κ2) is 9.80. The molecule has 4 rings (SSSR count). The van der Waals surface area contributed by atoms with Gasteiger partial charge in [-0.2, -0.15) is 4.98 Å². The van der Waals surface area contributed by atoms with Gasteiger partial charge < -0.3 is 19.7 Å². The van der Waals surface area contributed by atoms with Crippen molar-refractivity contribution >= 4 is 18.0 Å². The van der Waals surface area contributed by atoms with E-state index in [2.05, 4.69) is 30.8 Å². The summed E-state index contributed by atoms with van der Waals surface area (Å²) in [5, 5.41) is 24.7. The van der Waals surface area contributed by atoms with Gasteiger partial charge in [0.1, 0.15) is 11.4 Å². The fourth-order valence-electron chi connectivity index (χ4n) is 3.91. The van der Waals surface area contributed by atoms with Crippen LogP contribution in [0.2, 0.25) is 0 Å². The molecule has 3 aromatic heterocycles. The average molecular weight is 454 g/mol. The van der Waals surface area contributed by atoms with E-state index in [0.717, 1.165) is 18.5 Å². The monoisotopic (exact) mass is 453 g/mol. The smallest absolute Gasteiger partial charge is 0.306 e. The van der Waals surface area contributed by atoms with Crippen LogP contribution >= 0.6 is 0 Å². The highest BCUT2D eigenvalue weighted by atomic mass is 16.5. The third kappa shape index (κ3) is 5.18. The van der Waals surface area contributed by atoms with Gasteiger partial charge in [-0.1, -0.05) is 11.3 Å². The third-order valence-electron chi connectivity index (χ3n) is 5.66. The Hall–Kier alpha value is -3.76. The first-order valence-corrected chi connectivity index (χ1v) is 10.9. The highest BCUT2D eigenvalue weighted by molar-refractivity contribution is 5.70. The lowest BCUT2D eigenvalue weighted by atomic mass is 9.87. The minimum Gasteiger partial charge on any atom is -0.489 e. The molecule has 1 saturated carbocycles. The van der Waals surface area contributed by atoms with Crippen molar-refractivity contribution in [2.45, 2.75) is 52.2 Å². The predicted octanol–water partition coefficient (Wildman–Crippen LogP) is 3.24. The van der Waals surface area contributed by atoms with Gasteiger partial charge in [-0.05, 0) is 62.9 Å². The molecular formula is C22H27N7O4. The molecule has 3 heterocycles. The summed E-state index contributed by atoms with van der Waals surface area (Å²) in [6, 6.07) is 3.70. The number of rotatable bonds is 8. The number of anilines is 1. The lowest BCUT2D eigenvalue weighted by Crippen LogP contribution is -2.29. The quantitative estimate of drug-likeness (QED) is 0.522. The van der Waals surface area contributed by atoms with Gasteiger partial charge in [-0.25, -0.2) is 9.67 Å². The van der Waals surface area contributed by atoms with Gasteiger partial charge in [0.2, 0.25) is 0 Å². The van der Waals surface area contributed by atoms with Crippen molar-refractivity contribution < 1.29 is 19.2 Å². The number of aliphatic carboxylic acids is 1. The molecule has 2 N–H and O–H groups in total. The summed E-state index contributed by atoms with van der Waals surface area (Å²) in [6.07, 6.45) is 6.33. The van der Waals surface area contributed by atoms with E-state index in [0.29, 0.717) is 54.1 Å². The number of aryl methyl sites for hydroxylation is 2. The summed E-state index contributed by atoms with van der Waals surface area (Å²) in [5.41, 5.74) is 2.83. The van der Waals surface area contributed by atoms with Crippen LogP contribution in [0.3, 0.4) is 0 Å². The number of carboxylic acid groups (broad SMARTS) is 1. The summed E-state index contributed by atoms with van der Waals surface area (Å²) in [5.74, 6) is 0.344. The van der Waals surface area contributed by atoms with Crippen LogP contribution in [-0.4, -0.2) is 47.3 Å². The van der Waals surface area contributed by atoms with Crippen LogP contribution in [0.5, 0.6) is 5.75 Å². The maximum atomic E-state index is 11.3. The maximum absolute atomic E-state index is 11.3. The summed E-state index contributed by atoms with van der Waals surface area (Å²) in [7, 11) is 1.81. The first-order valence-electron chi connectivity index (χ1n) is 10.9. The first-order chi connectivity index (χ1) is 15.9. The van der Waals surface area contributed by atoms with Crippen molar-refractivity contribution in [2.24, 2.45) is 13.0 Å². The maximum Gasteiger partial charge on any atom is 0.306 e. The molecule has 1 fully saturated rings. The van der Waals surface area contributed by atoms with Gasteiger partial charge in [-0.15, -0.1) is 5.10 Å². The van der Waals surface area contributed by atoms with E-state index in [1.165, 1.54) is 0 Å². The SMILES string of the molecule is C/C=C/c1nc(NCc2c(-c3ccc(OC4CCC[C@H](C(=O)O)C4)c(C)n3)nnn2C)no1. The van der Waals surface area contributed by atoms with Gasteiger partial charge >= 0.3 is 5.97 Å². The number of pyridine rings is 1. The van der Waals surface area contributed by atoms with Crippen molar-refractivity contribution in [1.29, 1.82) is 0 Å². The molecule has 11 nitrogen and oxygen atoms in total. The molecule has 174 valence electrons. The van der Waals surface area contributed by atoms with Crippen molar-refractivity contribution in [1.82, 2.24) is 30.1 Å². The number of hydrogen-bond acceptors (Lipinski definition) is 9. The standard InChI is InChI=1S/C22H27N7O4/c1-4-6-19-25-22(27-33-19)23-12-17-20(26-28-29(17)3)16-9-10-18(13(2)24-16)32-15-8-5-7-14(11-15)21(30)31/h4,6,9-10,14-15H,5,7-8,11-12H2,1-3H3,(H,23,27)(H,30,31)/b6-4+/t14-,15?/m0/s1. The molecule has 11 heteroatoms. The average Bonchev–Trinajstić information content (AvgIpc) is 3.40. The molecule has 3 aromatic rings. The molecule has 2 atom stereocenters. The van der Waals surface area contributed by atoms with Crippen LogP contribution in [0.1, 0.15) is 49.9 Å². The number of nitrogens with zero attached hydrogens (tertiary/aromatic N) is 6. The third-order valence-corrected chi connectivity index (χ3v) is 5.66. The van der Waals surface area contributed by atoms with Gasteiger partial charge in [0.25, 0.3) is 11.8 Å². The van der Waals surface area contributed by atoms with Crippen molar-refractivity contribution in [3.05, 3.63) is 35.5 Å². The lowest BCUT2D eigenvalue weighted by Gasteiger charge is -2.27. The van der Waals surface area contributed by atoms with Crippen LogP contribution in [0.15, 0.2) is 22.7 Å². The predicted molar refractivity (Wildman–Crippen MR) is 119 cm³/mol. The first kappa shape index (κ1) is 22.4. The largest absolute Gasteiger partial charge is 0.489 e. The molecule has 1 unspecified atom stereocenters. The van der Waals surface area contributed by atoms with Gasteiger partial charge in [-0.3, -0.25) is 4.79 Å². The molecule has 0 spiro atoms. The molecule has 1 aliphatic rings. The van der Waals surface area contributed by atoms with E-state index in [1.807, 2.05) is 32.1 Å². The Morgan fingerprint density at radius 2 is 2.21 bits per heavy atom. The van der Waals surface area contributed by atoms with Crippen molar-refractivity contribution in [3.8, 4) is 17.1 Å². The Labute approximate surface area is 190 Å². The van der Waals surface area contributed by atoms with Crippen LogP contribution in [0, 0.1) is 12.8 Å². The van der Waals surface area contributed by atoms with Crippen LogP contribution in [-0.2, 0) is 18.4 Å². The van der Waals surface area contributed by atoms with E-state index in [9.17, 15) is 9.90 Å². The van der Waals surface area contributed by atoms with Crippen LogP contribution < -0.4 is 10.1 Å². The number of hydrogen-bond donors (Lipinski definition) is 2. The topological polar surface area (TPSA) is 141 Å². The zero-order valence-corrected chi connectivity index (χ0v) is 18.9. The molecular weight excluding hydrogens is 426 g/mol. The van der Waals surface area contributed by atoms with Crippen LogP contribution in [0.4, 0.5) is 5.95 Å². The molecule has 0 aromatic carbocycles. The fourth-order valence-corrected chi connectivity index (χ4v) is 3.91. The zero-order valence-electron chi connectivity index (χ0n) is 18.9. The molecule has 0 saturated heterocycles. The van der Waals surface area contributed by atoms with E-state index >= 15 is 0 Å². The van der Waals surface area contributed by atoms with Crippen molar-refractivity contribution in [3.63, 3.8) is 0 Å². The molecule has 0 bridgehead atoms.